The van der Waals surface area contributed by atoms with Crippen LogP contribution in [0.15, 0.2) is 24.3 Å². The van der Waals surface area contributed by atoms with E-state index in [1.165, 1.54) is 0 Å². The van der Waals surface area contributed by atoms with Crippen molar-refractivity contribution in [1.82, 2.24) is 20.1 Å². The number of carbonyl (C=O) groups is 1. The maximum atomic E-state index is 12.4. The van der Waals surface area contributed by atoms with Crippen molar-refractivity contribution in [2.75, 3.05) is 7.11 Å². The molecular weight excluding hydrogens is 312 g/mol. The highest BCUT2D eigenvalue weighted by molar-refractivity contribution is 7.71. The van der Waals surface area contributed by atoms with Crippen LogP contribution in [0, 0.1) is 10.7 Å². The summed E-state index contributed by atoms with van der Waals surface area (Å²) in [6.45, 7) is 4.08. The third kappa shape index (κ3) is 4.19. The molecule has 1 atom stereocenters. The van der Waals surface area contributed by atoms with Gasteiger partial charge >= 0.3 is 0 Å². The second-order valence-electron chi connectivity index (χ2n) is 5.76. The molecule has 6 nitrogen and oxygen atoms in total. The molecule has 0 aliphatic carbocycles. The van der Waals surface area contributed by atoms with Crippen molar-refractivity contribution >= 4 is 18.1 Å². The number of nitrogens with one attached hydrogen (secondary N) is 2. The predicted molar refractivity (Wildman–Crippen MR) is 90.8 cm³/mol. The number of hydrogen-bond acceptors (Lipinski definition) is 4. The zero-order valence-electron chi connectivity index (χ0n) is 13.8. The molecule has 2 N–H and O–H groups in total. The van der Waals surface area contributed by atoms with Crippen molar-refractivity contribution in [3.05, 3.63) is 40.4 Å². The summed E-state index contributed by atoms with van der Waals surface area (Å²) in [7, 11) is 3.46. The highest BCUT2D eigenvalue weighted by Gasteiger charge is 2.23. The lowest BCUT2D eigenvalue weighted by atomic mass is 10.0. The standard InChI is InChI=1S/C16H22N4O2S/c1-10(2)14(15-18-19-16(23)20(15)3)17-13(21)9-11-5-7-12(22-4)8-6-11/h5-8,10,14H,9H2,1-4H3,(H,17,21)(H,19,23). The first kappa shape index (κ1) is 17.2. The summed E-state index contributed by atoms with van der Waals surface area (Å²) >= 11 is 5.14. The summed E-state index contributed by atoms with van der Waals surface area (Å²) in [6.07, 6.45) is 0.308. The largest absolute Gasteiger partial charge is 0.497 e. The van der Waals surface area contributed by atoms with Crippen LogP contribution in [0.1, 0.15) is 31.3 Å². The van der Waals surface area contributed by atoms with Gasteiger partial charge in [-0.3, -0.25) is 9.89 Å². The van der Waals surface area contributed by atoms with Gasteiger partial charge in [-0.2, -0.15) is 5.10 Å². The molecule has 0 spiro atoms. The predicted octanol–water partition coefficient (Wildman–Crippen LogP) is 2.54. The van der Waals surface area contributed by atoms with E-state index in [0.29, 0.717) is 11.2 Å². The lowest BCUT2D eigenvalue weighted by Gasteiger charge is -2.21. The second kappa shape index (κ2) is 7.41. The zero-order valence-corrected chi connectivity index (χ0v) is 14.6. The van der Waals surface area contributed by atoms with Gasteiger partial charge in [-0.1, -0.05) is 26.0 Å². The lowest BCUT2D eigenvalue weighted by Crippen LogP contribution is -2.34. The molecule has 1 aromatic heterocycles. The molecule has 2 rings (SSSR count). The topological polar surface area (TPSA) is 71.9 Å². The van der Waals surface area contributed by atoms with Gasteiger partial charge in [0.25, 0.3) is 0 Å². The third-order valence-electron chi connectivity index (χ3n) is 3.70. The number of benzene rings is 1. The monoisotopic (exact) mass is 334 g/mol. The van der Waals surface area contributed by atoms with Crippen LogP contribution in [-0.2, 0) is 18.3 Å². The molecule has 1 unspecified atom stereocenters. The molecule has 0 aliphatic heterocycles. The fourth-order valence-electron chi connectivity index (χ4n) is 2.32. The Morgan fingerprint density at radius 2 is 2.04 bits per heavy atom. The van der Waals surface area contributed by atoms with Crippen molar-refractivity contribution < 1.29 is 9.53 Å². The Kier molecular flexibility index (Phi) is 5.54. The van der Waals surface area contributed by atoms with Gasteiger partial charge in [0.05, 0.1) is 19.6 Å². The average Bonchev–Trinajstić information content (AvgIpc) is 2.85. The normalized spacial score (nSPS) is 12.2. The van der Waals surface area contributed by atoms with Crippen molar-refractivity contribution in [3.8, 4) is 5.75 Å². The SMILES string of the molecule is COc1ccc(CC(=O)NC(c2n[nH]c(=S)n2C)C(C)C)cc1. The van der Waals surface area contributed by atoms with E-state index in [-0.39, 0.29) is 17.9 Å². The molecule has 7 heteroatoms. The number of ether oxygens (including phenoxy) is 1. The summed E-state index contributed by atoms with van der Waals surface area (Å²) in [5, 5.41) is 10.0. The van der Waals surface area contributed by atoms with E-state index in [0.717, 1.165) is 17.1 Å². The van der Waals surface area contributed by atoms with Gasteiger partial charge in [0, 0.05) is 7.05 Å². The van der Waals surface area contributed by atoms with Crippen molar-refractivity contribution in [3.63, 3.8) is 0 Å². The molecule has 1 heterocycles. The first-order chi connectivity index (χ1) is 10.9. The number of amides is 1. The number of nitrogens with zero attached hydrogens (tertiary/aromatic N) is 2. The van der Waals surface area contributed by atoms with E-state index >= 15 is 0 Å². The van der Waals surface area contributed by atoms with Crippen LogP contribution in [0.5, 0.6) is 5.75 Å². The number of aromatic amines is 1. The number of aromatic nitrogens is 3. The quantitative estimate of drug-likeness (QED) is 0.796. The zero-order chi connectivity index (χ0) is 17.0. The number of H-pyrrole nitrogens is 1. The highest BCUT2D eigenvalue weighted by Crippen LogP contribution is 2.20. The minimum absolute atomic E-state index is 0.0530. The molecule has 0 radical (unpaired) electrons. The van der Waals surface area contributed by atoms with Crippen molar-refractivity contribution in [2.45, 2.75) is 26.3 Å². The van der Waals surface area contributed by atoms with E-state index in [2.05, 4.69) is 15.5 Å². The highest BCUT2D eigenvalue weighted by atomic mass is 32.1. The third-order valence-corrected chi connectivity index (χ3v) is 4.06. The Morgan fingerprint density at radius 3 is 2.52 bits per heavy atom. The Hall–Kier alpha value is -2.15. The van der Waals surface area contributed by atoms with E-state index < -0.39 is 0 Å². The molecule has 124 valence electrons. The van der Waals surface area contributed by atoms with Crippen LogP contribution in [0.4, 0.5) is 0 Å². The van der Waals surface area contributed by atoms with Gasteiger partial charge < -0.3 is 14.6 Å². The van der Waals surface area contributed by atoms with E-state index in [9.17, 15) is 4.79 Å². The molecule has 1 aromatic carbocycles. The second-order valence-corrected chi connectivity index (χ2v) is 6.15. The van der Waals surface area contributed by atoms with Crippen LogP contribution in [-0.4, -0.2) is 27.8 Å². The van der Waals surface area contributed by atoms with Gasteiger partial charge in [0.2, 0.25) is 5.91 Å². The van der Waals surface area contributed by atoms with Crippen molar-refractivity contribution in [2.24, 2.45) is 13.0 Å². The molecule has 1 amide bonds. The number of rotatable bonds is 6. The van der Waals surface area contributed by atoms with E-state index in [1.54, 1.807) is 11.7 Å². The fraction of sp³-hybridized carbons (Fsp3) is 0.438. The summed E-state index contributed by atoms with van der Waals surface area (Å²) < 4.78 is 7.44. The minimum atomic E-state index is -0.196. The van der Waals surface area contributed by atoms with Gasteiger partial charge in [0.1, 0.15) is 5.75 Å². The van der Waals surface area contributed by atoms with Gasteiger partial charge in [-0.15, -0.1) is 0 Å². The Labute approximate surface area is 140 Å². The Morgan fingerprint density at radius 1 is 1.39 bits per heavy atom. The summed E-state index contributed by atoms with van der Waals surface area (Å²) in [5.41, 5.74) is 0.932. The van der Waals surface area contributed by atoms with E-state index in [4.69, 9.17) is 17.0 Å². The van der Waals surface area contributed by atoms with Gasteiger partial charge in [0.15, 0.2) is 10.6 Å². The van der Waals surface area contributed by atoms with Crippen LogP contribution in [0.3, 0.4) is 0 Å². The van der Waals surface area contributed by atoms with Crippen LogP contribution >= 0.6 is 12.2 Å². The van der Waals surface area contributed by atoms with Gasteiger partial charge in [-0.25, -0.2) is 0 Å². The molecule has 0 saturated carbocycles. The molecule has 2 aromatic rings. The molecule has 0 aliphatic rings. The average molecular weight is 334 g/mol. The van der Waals surface area contributed by atoms with Crippen molar-refractivity contribution in [1.29, 1.82) is 0 Å². The summed E-state index contributed by atoms with van der Waals surface area (Å²) in [5.74, 6) is 1.64. The molecule has 23 heavy (non-hydrogen) atoms. The maximum absolute atomic E-state index is 12.4. The first-order valence-corrected chi connectivity index (χ1v) is 7.86. The van der Waals surface area contributed by atoms with Crippen LogP contribution < -0.4 is 10.1 Å². The molecular formula is C16H22N4O2S. The number of hydrogen-bond donors (Lipinski definition) is 2. The Balaban J connectivity index is 2.09. The summed E-state index contributed by atoms with van der Waals surface area (Å²) in [4.78, 5) is 12.4. The van der Waals surface area contributed by atoms with Crippen LogP contribution in [0.25, 0.3) is 0 Å². The Bertz CT molecular complexity index is 718. The first-order valence-electron chi connectivity index (χ1n) is 7.46. The minimum Gasteiger partial charge on any atom is -0.497 e. The number of carbonyl (C=O) groups excluding carboxylic acids is 1. The molecule has 0 fully saturated rings. The van der Waals surface area contributed by atoms with Crippen LogP contribution in [0.2, 0.25) is 0 Å². The maximum Gasteiger partial charge on any atom is 0.225 e. The molecule has 0 saturated heterocycles. The summed E-state index contributed by atoms with van der Waals surface area (Å²) in [6, 6.07) is 7.27. The smallest absolute Gasteiger partial charge is 0.225 e. The van der Waals surface area contributed by atoms with Gasteiger partial charge in [-0.05, 0) is 35.8 Å². The van der Waals surface area contributed by atoms with E-state index in [1.807, 2.05) is 45.2 Å². The number of methoxy groups -OCH3 is 1. The fourth-order valence-corrected chi connectivity index (χ4v) is 2.46. The molecule has 0 bridgehead atoms. The lowest BCUT2D eigenvalue weighted by molar-refractivity contribution is -0.121.